The topological polar surface area (TPSA) is 207 Å². The van der Waals surface area contributed by atoms with Crippen molar-refractivity contribution < 1.29 is 9.55 Å². The molecule has 3 rings (SSSR count). The molecule has 0 aromatic carbocycles. The number of hydrogen-bond donors (Lipinski definition) is 1. The molecule has 0 spiro atoms. The van der Waals surface area contributed by atoms with Crippen molar-refractivity contribution in [1.82, 2.24) is 45.5 Å². The fourth-order valence-corrected chi connectivity index (χ4v) is 2.02. The predicted octanol–water partition coefficient (Wildman–Crippen LogP) is -0.679. The Morgan fingerprint density at radius 3 is 2.67 bits per heavy atom. The van der Waals surface area contributed by atoms with Crippen LogP contribution in [0, 0.1) is 17.0 Å². The first kappa shape index (κ1) is 17.7. The lowest BCUT2D eigenvalue weighted by atomic mass is 10.2. The minimum Gasteiger partial charge on any atom is -0.390 e. The van der Waals surface area contributed by atoms with Crippen LogP contribution in [0.4, 0.5) is 11.8 Å². The third kappa shape index (κ3) is 3.62. The van der Waals surface area contributed by atoms with E-state index in [1.54, 1.807) is 20.8 Å². The molecule has 0 saturated heterocycles. The van der Waals surface area contributed by atoms with Gasteiger partial charge in [-0.25, -0.2) is 4.63 Å². The highest BCUT2D eigenvalue weighted by molar-refractivity contribution is 5.98. The maximum absolute atomic E-state index is 10.6. The summed E-state index contributed by atoms with van der Waals surface area (Å²) in [6, 6.07) is 0. The predicted molar refractivity (Wildman–Crippen MR) is 88.2 cm³/mol. The molecular weight excluding hydrogens is 362 g/mol. The summed E-state index contributed by atoms with van der Waals surface area (Å²) in [6.45, 7) is 5.19. The van der Waals surface area contributed by atoms with E-state index in [1.807, 2.05) is 0 Å². The Kier molecular flexibility index (Phi) is 4.60. The highest BCUT2D eigenvalue weighted by Crippen LogP contribution is 2.15. The molecule has 0 aliphatic rings. The molecule has 0 bridgehead atoms. The molecule has 27 heavy (non-hydrogen) atoms. The number of hydrogen-bond acceptors (Lipinski definition) is 13. The van der Waals surface area contributed by atoms with Crippen LogP contribution in [0.25, 0.3) is 5.82 Å². The molecule has 0 saturated carbocycles. The lowest BCUT2D eigenvalue weighted by Crippen LogP contribution is -2.10. The van der Waals surface area contributed by atoms with Crippen LogP contribution >= 0.6 is 0 Å². The first-order valence-corrected chi connectivity index (χ1v) is 7.37. The van der Waals surface area contributed by atoms with E-state index in [4.69, 9.17) is 5.73 Å². The molecule has 3 aromatic heterocycles. The smallest absolute Gasteiger partial charge is 0.390 e. The van der Waals surface area contributed by atoms with Gasteiger partial charge >= 0.3 is 5.95 Å². The number of nitrogen functional groups attached to an aromatic ring is 1. The zero-order chi connectivity index (χ0) is 19.6. The van der Waals surface area contributed by atoms with Gasteiger partial charge < -0.3 is 15.8 Å². The third-order valence-corrected chi connectivity index (χ3v) is 3.28. The van der Waals surface area contributed by atoms with Crippen LogP contribution in [0.3, 0.4) is 0 Å². The summed E-state index contributed by atoms with van der Waals surface area (Å²) in [5.74, 6) is -0.290. The second-order valence-corrected chi connectivity index (χ2v) is 5.31. The Morgan fingerprint density at radius 2 is 2.04 bits per heavy atom. The van der Waals surface area contributed by atoms with Gasteiger partial charge in [0.15, 0.2) is 0 Å². The van der Waals surface area contributed by atoms with Crippen molar-refractivity contribution in [3.8, 4) is 5.82 Å². The van der Waals surface area contributed by atoms with Gasteiger partial charge in [0.1, 0.15) is 12.2 Å². The fourth-order valence-electron chi connectivity index (χ4n) is 2.02. The van der Waals surface area contributed by atoms with E-state index in [2.05, 4.69) is 50.9 Å². The molecule has 0 aliphatic carbocycles. The maximum atomic E-state index is 10.6. The van der Waals surface area contributed by atoms with Crippen molar-refractivity contribution >= 4 is 23.2 Å². The first-order chi connectivity index (χ1) is 12.9. The van der Waals surface area contributed by atoms with Gasteiger partial charge in [0, 0.05) is 5.21 Å². The first-order valence-electron chi connectivity index (χ1n) is 7.37. The molecule has 2 N–H and O–H groups in total. The van der Waals surface area contributed by atoms with Crippen molar-refractivity contribution in [2.75, 3.05) is 5.73 Å². The molecule has 0 amide bonds. The van der Waals surface area contributed by atoms with Gasteiger partial charge in [0.25, 0.3) is 0 Å². The molecule has 140 valence electrons. The Labute approximate surface area is 149 Å². The molecule has 3 aromatic rings. The summed E-state index contributed by atoms with van der Waals surface area (Å²) in [5, 5.41) is 44.3. The van der Waals surface area contributed by atoms with Crippen LogP contribution in [0.1, 0.15) is 25.2 Å². The Morgan fingerprint density at radius 1 is 1.26 bits per heavy atom. The highest BCUT2D eigenvalue weighted by atomic mass is 16.6. The van der Waals surface area contributed by atoms with E-state index in [1.165, 1.54) is 4.68 Å². The van der Waals surface area contributed by atoms with Crippen LogP contribution in [0.15, 0.2) is 14.8 Å². The van der Waals surface area contributed by atoms with E-state index >= 15 is 0 Å². The molecule has 0 radical (unpaired) electrons. The second-order valence-electron chi connectivity index (χ2n) is 5.31. The van der Waals surface area contributed by atoms with Crippen molar-refractivity contribution in [2.45, 2.75) is 27.3 Å². The number of tetrazole rings is 1. The molecular formula is C11H13N13O3. The normalized spacial score (nSPS) is 12.6. The zero-order valence-corrected chi connectivity index (χ0v) is 14.4. The van der Waals surface area contributed by atoms with E-state index in [9.17, 15) is 10.1 Å². The van der Waals surface area contributed by atoms with Gasteiger partial charge in [-0.1, -0.05) is 10.0 Å². The average molecular weight is 375 g/mol. The Hall–Kier alpha value is -4.11. The highest BCUT2D eigenvalue weighted by Gasteiger charge is 2.18. The standard InChI is InChI=1S/C11H13N13O3/c1-5(4-22-17-11(16-20-22)24(25)26)13-14-6(2)8-7(3)23(21-15-8)10-9(12)18-27-19-10/h4H2,1-3H3,(H2,12,18). The minimum atomic E-state index is -0.735. The van der Waals surface area contributed by atoms with Crippen LogP contribution in [-0.2, 0) is 6.54 Å². The van der Waals surface area contributed by atoms with Crippen LogP contribution in [-0.4, -0.2) is 61.9 Å². The molecule has 0 unspecified atom stereocenters. The Bertz CT molecular complexity index is 1040. The number of nitrogens with two attached hydrogens (primary N) is 1. The zero-order valence-electron chi connectivity index (χ0n) is 14.4. The molecule has 16 heteroatoms. The third-order valence-electron chi connectivity index (χ3n) is 3.28. The van der Waals surface area contributed by atoms with Gasteiger partial charge in [0.2, 0.25) is 11.6 Å². The summed E-state index contributed by atoms with van der Waals surface area (Å²) in [5.41, 5.74) is 7.71. The molecule has 0 fully saturated rings. The van der Waals surface area contributed by atoms with Gasteiger partial charge in [-0.05, 0) is 36.0 Å². The second kappa shape index (κ2) is 7.02. The summed E-state index contributed by atoms with van der Waals surface area (Å²) >= 11 is 0. The lowest BCUT2D eigenvalue weighted by Gasteiger charge is -1.99. The van der Waals surface area contributed by atoms with Crippen molar-refractivity contribution in [2.24, 2.45) is 10.2 Å². The lowest BCUT2D eigenvalue weighted by molar-refractivity contribution is -0.394. The van der Waals surface area contributed by atoms with Gasteiger partial charge in [0.05, 0.1) is 27.3 Å². The largest absolute Gasteiger partial charge is 0.514 e. The van der Waals surface area contributed by atoms with Gasteiger partial charge in [-0.3, -0.25) is 0 Å². The van der Waals surface area contributed by atoms with E-state index in [0.29, 0.717) is 22.8 Å². The number of rotatable bonds is 6. The summed E-state index contributed by atoms with van der Waals surface area (Å²) < 4.78 is 5.92. The maximum Gasteiger partial charge on any atom is 0.514 e. The van der Waals surface area contributed by atoms with Crippen LogP contribution < -0.4 is 5.73 Å². The molecule has 3 heterocycles. The number of nitrogens with zero attached hydrogens (tertiary/aromatic N) is 12. The number of anilines is 1. The van der Waals surface area contributed by atoms with E-state index in [-0.39, 0.29) is 18.2 Å². The van der Waals surface area contributed by atoms with Crippen molar-refractivity contribution in [3.05, 3.63) is 21.5 Å². The van der Waals surface area contributed by atoms with Crippen LogP contribution in [0.2, 0.25) is 0 Å². The van der Waals surface area contributed by atoms with E-state index in [0.717, 1.165) is 4.80 Å². The minimum absolute atomic E-state index is 0.0763. The number of nitro groups is 1. The van der Waals surface area contributed by atoms with Gasteiger partial charge in [-0.15, -0.1) is 5.10 Å². The summed E-state index contributed by atoms with van der Waals surface area (Å²) in [6.07, 6.45) is 0. The van der Waals surface area contributed by atoms with Crippen LogP contribution in [0.5, 0.6) is 0 Å². The van der Waals surface area contributed by atoms with Gasteiger partial charge in [-0.2, -0.15) is 14.9 Å². The SMILES string of the molecule is CC(Cn1nnc([N+](=O)[O-])n1)=NN=C(C)c1nnn(-c2nonc2N)c1C. The Balaban J connectivity index is 1.77. The average Bonchev–Trinajstić information content (AvgIpc) is 3.33. The fraction of sp³-hybridized carbons (Fsp3) is 0.364. The van der Waals surface area contributed by atoms with E-state index < -0.39 is 10.9 Å². The van der Waals surface area contributed by atoms with Crippen molar-refractivity contribution in [3.63, 3.8) is 0 Å². The monoisotopic (exact) mass is 375 g/mol. The molecule has 0 atom stereocenters. The quantitative estimate of drug-likeness (QED) is 0.324. The van der Waals surface area contributed by atoms with Crippen molar-refractivity contribution in [1.29, 1.82) is 0 Å². The molecule has 16 nitrogen and oxygen atoms in total. The summed E-state index contributed by atoms with van der Waals surface area (Å²) in [4.78, 5) is 10.9. The summed E-state index contributed by atoms with van der Waals surface area (Å²) in [7, 11) is 0. The molecule has 0 aliphatic heterocycles. The number of aromatic nitrogens is 9.